The molecule has 9 heteroatoms. The Morgan fingerprint density at radius 2 is 1.54 bits per heavy atom. The van der Waals surface area contributed by atoms with Crippen LogP contribution in [-0.4, -0.2) is 51.4 Å². The van der Waals surface area contributed by atoms with Crippen molar-refractivity contribution < 1.29 is 33.3 Å². The zero-order valence-electron chi connectivity index (χ0n) is 15.7. The van der Waals surface area contributed by atoms with Crippen LogP contribution in [0.2, 0.25) is 0 Å². The smallest absolute Gasteiger partial charge is 0.342 e. The van der Waals surface area contributed by atoms with E-state index in [0.29, 0.717) is 5.75 Å². The van der Waals surface area contributed by atoms with Crippen molar-refractivity contribution in [2.75, 3.05) is 21.3 Å². The van der Waals surface area contributed by atoms with Crippen LogP contribution in [0.3, 0.4) is 0 Å². The lowest BCUT2D eigenvalue weighted by Crippen LogP contribution is -2.46. The van der Waals surface area contributed by atoms with E-state index in [1.54, 1.807) is 13.8 Å². The van der Waals surface area contributed by atoms with Gasteiger partial charge in [0.1, 0.15) is 5.56 Å². The van der Waals surface area contributed by atoms with Gasteiger partial charge in [0.05, 0.1) is 21.3 Å². The SMILES string of the molecule is COc1ccc(C(=O)OC(C)C(=O)NC(=O)NC(C)C)c(OC)c1OC. The van der Waals surface area contributed by atoms with Crippen molar-refractivity contribution in [3.8, 4) is 17.2 Å². The molecular weight excluding hydrogens is 344 g/mol. The van der Waals surface area contributed by atoms with E-state index >= 15 is 0 Å². The zero-order chi connectivity index (χ0) is 19.9. The number of nitrogens with one attached hydrogen (secondary N) is 2. The number of urea groups is 1. The van der Waals surface area contributed by atoms with Crippen LogP contribution in [0, 0.1) is 0 Å². The van der Waals surface area contributed by atoms with Crippen molar-refractivity contribution in [1.29, 1.82) is 0 Å². The third kappa shape index (κ3) is 5.27. The molecule has 0 radical (unpaired) electrons. The summed E-state index contributed by atoms with van der Waals surface area (Å²) in [7, 11) is 4.21. The van der Waals surface area contributed by atoms with Crippen molar-refractivity contribution >= 4 is 17.9 Å². The van der Waals surface area contributed by atoms with E-state index in [1.807, 2.05) is 0 Å². The van der Waals surface area contributed by atoms with E-state index in [-0.39, 0.29) is 23.1 Å². The highest BCUT2D eigenvalue weighted by molar-refractivity contribution is 5.99. The molecule has 1 unspecified atom stereocenters. The van der Waals surface area contributed by atoms with E-state index in [4.69, 9.17) is 18.9 Å². The number of carbonyl (C=O) groups excluding carboxylic acids is 3. The first-order valence-corrected chi connectivity index (χ1v) is 7.86. The predicted molar refractivity (Wildman–Crippen MR) is 92.8 cm³/mol. The van der Waals surface area contributed by atoms with Gasteiger partial charge in [0.25, 0.3) is 5.91 Å². The van der Waals surface area contributed by atoms with Crippen molar-refractivity contribution in [2.45, 2.75) is 32.9 Å². The highest BCUT2D eigenvalue weighted by Gasteiger charge is 2.26. The molecule has 1 atom stereocenters. The molecule has 144 valence electrons. The maximum Gasteiger partial charge on any atom is 0.342 e. The van der Waals surface area contributed by atoms with Crippen molar-refractivity contribution in [3.63, 3.8) is 0 Å². The highest BCUT2D eigenvalue weighted by Crippen LogP contribution is 2.40. The fourth-order valence-electron chi connectivity index (χ4n) is 2.05. The van der Waals surface area contributed by atoms with Gasteiger partial charge in [0.2, 0.25) is 5.75 Å². The van der Waals surface area contributed by atoms with Crippen molar-refractivity contribution in [2.24, 2.45) is 0 Å². The summed E-state index contributed by atoms with van der Waals surface area (Å²) >= 11 is 0. The number of methoxy groups -OCH3 is 3. The molecule has 0 aromatic heterocycles. The van der Waals surface area contributed by atoms with Gasteiger partial charge in [-0.3, -0.25) is 10.1 Å². The number of carbonyl (C=O) groups is 3. The van der Waals surface area contributed by atoms with E-state index in [0.717, 1.165) is 0 Å². The largest absolute Gasteiger partial charge is 0.493 e. The van der Waals surface area contributed by atoms with Gasteiger partial charge >= 0.3 is 12.0 Å². The molecular formula is C17H24N2O7. The average Bonchev–Trinajstić information content (AvgIpc) is 2.58. The Bertz CT molecular complexity index is 673. The van der Waals surface area contributed by atoms with E-state index < -0.39 is 24.0 Å². The summed E-state index contributed by atoms with van der Waals surface area (Å²) < 4.78 is 20.7. The second-order valence-electron chi connectivity index (χ2n) is 5.55. The van der Waals surface area contributed by atoms with Crippen LogP contribution in [0.25, 0.3) is 0 Å². The molecule has 1 aromatic carbocycles. The maximum absolute atomic E-state index is 12.4. The van der Waals surface area contributed by atoms with E-state index in [1.165, 1.54) is 40.4 Å². The first-order chi connectivity index (χ1) is 12.2. The Hall–Kier alpha value is -2.97. The Morgan fingerprint density at radius 1 is 0.923 bits per heavy atom. The molecule has 1 aromatic rings. The topological polar surface area (TPSA) is 112 Å². The van der Waals surface area contributed by atoms with Crippen LogP contribution in [-0.2, 0) is 9.53 Å². The molecule has 26 heavy (non-hydrogen) atoms. The monoisotopic (exact) mass is 368 g/mol. The summed E-state index contributed by atoms with van der Waals surface area (Å²) in [5.41, 5.74) is 0.0523. The molecule has 3 amide bonds. The molecule has 0 aliphatic heterocycles. The van der Waals surface area contributed by atoms with Crippen molar-refractivity contribution in [3.05, 3.63) is 17.7 Å². The first kappa shape index (κ1) is 21.1. The summed E-state index contributed by atoms with van der Waals surface area (Å²) in [6.07, 6.45) is -1.20. The molecule has 9 nitrogen and oxygen atoms in total. The van der Waals surface area contributed by atoms with Gasteiger partial charge in [-0.2, -0.15) is 0 Å². The third-order valence-electron chi connectivity index (χ3n) is 3.23. The lowest BCUT2D eigenvalue weighted by Gasteiger charge is -2.17. The predicted octanol–water partition coefficient (Wildman–Crippen LogP) is 1.49. The van der Waals surface area contributed by atoms with Crippen LogP contribution in [0.15, 0.2) is 12.1 Å². The summed E-state index contributed by atoms with van der Waals surface area (Å²) in [5, 5.41) is 4.59. The number of amides is 3. The van der Waals surface area contributed by atoms with Crippen LogP contribution in [0.1, 0.15) is 31.1 Å². The number of benzene rings is 1. The number of imide groups is 1. The van der Waals surface area contributed by atoms with Gasteiger partial charge < -0.3 is 24.3 Å². The summed E-state index contributed by atoms with van der Waals surface area (Å²) in [6, 6.07) is 2.13. The summed E-state index contributed by atoms with van der Waals surface area (Å²) in [4.78, 5) is 35.9. The quantitative estimate of drug-likeness (QED) is 0.701. The van der Waals surface area contributed by atoms with E-state index in [9.17, 15) is 14.4 Å². The lowest BCUT2D eigenvalue weighted by molar-refractivity contribution is -0.127. The van der Waals surface area contributed by atoms with Gasteiger partial charge in [-0.05, 0) is 32.9 Å². The molecule has 0 saturated heterocycles. The fourth-order valence-corrected chi connectivity index (χ4v) is 2.05. The number of hydrogen-bond donors (Lipinski definition) is 2. The van der Waals surface area contributed by atoms with Gasteiger partial charge in [0.15, 0.2) is 17.6 Å². The second-order valence-corrected chi connectivity index (χ2v) is 5.55. The van der Waals surface area contributed by atoms with Gasteiger partial charge in [-0.25, -0.2) is 9.59 Å². The Labute approximate surface area is 151 Å². The number of esters is 1. The fraction of sp³-hybridized carbons (Fsp3) is 0.471. The molecule has 0 saturated carbocycles. The zero-order valence-corrected chi connectivity index (χ0v) is 15.7. The molecule has 0 heterocycles. The van der Waals surface area contributed by atoms with Crippen molar-refractivity contribution in [1.82, 2.24) is 10.6 Å². The molecule has 0 bridgehead atoms. The molecule has 0 spiro atoms. The normalized spacial score (nSPS) is 11.3. The van der Waals surface area contributed by atoms with Gasteiger partial charge in [0, 0.05) is 6.04 Å². The Morgan fingerprint density at radius 3 is 2.04 bits per heavy atom. The van der Waals surface area contributed by atoms with Crippen LogP contribution in [0.5, 0.6) is 17.2 Å². The summed E-state index contributed by atoms with van der Waals surface area (Å²) in [5.74, 6) is -0.859. The number of hydrogen-bond acceptors (Lipinski definition) is 7. The molecule has 0 aliphatic rings. The molecule has 2 N–H and O–H groups in total. The molecule has 1 rings (SSSR count). The van der Waals surface area contributed by atoms with Gasteiger partial charge in [-0.15, -0.1) is 0 Å². The first-order valence-electron chi connectivity index (χ1n) is 7.86. The van der Waals surface area contributed by atoms with Crippen LogP contribution < -0.4 is 24.8 Å². The van der Waals surface area contributed by atoms with Crippen LogP contribution in [0.4, 0.5) is 4.79 Å². The third-order valence-corrected chi connectivity index (χ3v) is 3.23. The standard InChI is InChI=1S/C17H24N2O7/c1-9(2)18-17(22)19-15(20)10(3)26-16(21)11-7-8-12(23-4)14(25-6)13(11)24-5/h7-10H,1-6H3,(H2,18,19,20,22). The number of ether oxygens (including phenoxy) is 4. The highest BCUT2D eigenvalue weighted by atomic mass is 16.6. The van der Waals surface area contributed by atoms with Crippen LogP contribution >= 0.6 is 0 Å². The minimum Gasteiger partial charge on any atom is -0.493 e. The van der Waals surface area contributed by atoms with E-state index in [2.05, 4.69) is 10.6 Å². The molecule has 0 aliphatic carbocycles. The minimum atomic E-state index is -1.20. The summed E-state index contributed by atoms with van der Waals surface area (Å²) in [6.45, 7) is 4.84. The Kier molecular flexibility index (Phi) is 7.70. The number of rotatable bonds is 7. The minimum absolute atomic E-state index is 0.0523. The van der Waals surface area contributed by atoms with Gasteiger partial charge in [-0.1, -0.05) is 0 Å². The second kappa shape index (κ2) is 9.50. The average molecular weight is 368 g/mol. The maximum atomic E-state index is 12.4. The molecule has 0 fully saturated rings. The Balaban J connectivity index is 2.90. The lowest BCUT2D eigenvalue weighted by atomic mass is 10.1.